The van der Waals surface area contributed by atoms with Gasteiger partial charge in [0, 0.05) is 13.1 Å². The summed E-state index contributed by atoms with van der Waals surface area (Å²) < 4.78 is 11.8. The number of benzene rings is 1. The van der Waals surface area contributed by atoms with Crippen LogP contribution in [0.1, 0.15) is 11.3 Å². The Morgan fingerprint density at radius 3 is 2.59 bits per heavy atom. The van der Waals surface area contributed by atoms with Crippen LogP contribution >= 0.6 is 15.9 Å². The van der Waals surface area contributed by atoms with Crippen LogP contribution in [-0.4, -0.2) is 35.1 Å². The second kappa shape index (κ2) is 9.96. The van der Waals surface area contributed by atoms with Gasteiger partial charge < -0.3 is 19.8 Å². The molecule has 10 nitrogen and oxygen atoms in total. The molecule has 0 spiro atoms. The molecule has 0 aliphatic heterocycles. The molecule has 166 valence electrons. The monoisotopic (exact) mass is 502 g/mol. The average Bonchev–Trinajstić information content (AvgIpc) is 3.19. The molecule has 2 heterocycles. The summed E-state index contributed by atoms with van der Waals surface area (Å²) in [5.41, 5.74) is 5.07. The number of esters is 1. The molecule has 0 unspecified atom stereocenters. The molecule has 3 rings (SSSR count). The Morgan fingerprint density at radius 1 is 1.22 bits per heavy atom. The highest BCUT2D eigenvalue weighted by molar-refractivity contribution is 9.10. The highest BCUT2D eigenvalue weighted by Gasteiger charge is 2.21. The Labute approximate surface area is 190 Å². The Balaban J connectivity index is 1.72. The predicted molar refractivity (Wildman–Crippen MR) is 121 cm³/mol. The van der Waals surface area contributed by atoms with E-state index in [0.29, 0.717) is 10.4 Å². The second-order valence-electron chi connectivity index (χ2n) is 6.60. The molecule has 0 fully saturated rings. The number of nitrogens with zero attached hydrogens (tertiary/aromatic N) is 2. The number of nitrogen functional groups attached to an aromatic ring is 1. The molecule has 11 heteroatoms. The van der Waals surface area contributed by atoms with Crippen LogP contribution in [0.3, 0.4) is 0 Å². The van der Waals surface area contributed by atoms with Crippen molar-refractivity contribution in [3.8, 4) is 0 Å². The zero-order chi connectivity index (χ0) is 23.3. The van der Waals surface area contributed by atoms with Crippen LogP contribution in [0.25, 0.3) is 6.08 Å². The molecule has 0 saturated heterocycles. The van der Waals surface area contributed by atoms with Crippen molar-refractivity contribution in [3.63, 3.8) is 0 Å². The number of likely N-dealkylation sites (N-methyl/N-ethyl adjacent to an activating group) is 1. The van der Waals surface area contributed by atoms with Crippen LogP contribution in [-0.2, 0) is 20.9 Å². The first-order valence-electron chi connectivity index (χ1n) is 9.29. The van der Waals surface area contributed by atoms with Gasteiger partial charge in [0.1, 0.15) is 11.6 Å². The standard InChI is InChI=1S/C21H19BrN4O6/c1-25(16(27)12-31-17(28)10-8-14-7-9-15(22)32-14)18-19(23)26(21(30)24-20(18)29)11-13-5-3-2-4-6-13/h2-10H,11-12,23H2,1H3,(H,24,29,30). The van der Waals surface area contributed by atoms with Gasteiger partial charge in [0.05, 0.1) is 6.54 Å². The van der Waals surface area contributed by atoms with Crippen molar-refractivity contribution >= 4 is 45.4 Å². The van der Waals surface area contributed by atoms with Gasteiger partial charge in [0.15, 0.2) is 17.0 Å². The third kappa shape index (κ3) is 5.43. The van der Waals surface area contributed by atoms with E-state index in [9.17, 15) is 19.2 Å². The highest BCUT2D eigenvalue weighted by atomic mass is 79.9. The number of hydrogen-bond acceptors (Lipinski definition) is 7. The van der Waals surface area contributed by atoms with E-state index in [4.69, 9.17) is 14.9 Å². The van der Waals surface area contributed by atoms with E-state index in [1.165, 1.54) is 13.1 Å². The molecule has 3 aromatic rings. The molecule has 0 aliphatic carbocycles. The molecule has 0 radical (unpaired) electrons. The lowest BCUT2D eigenvalue weighted by Crippen LogP contribution is -2.40. The number of anilines is 2. The molecule has 0 atom stereocenters. The first kappa shape index (κ1) is 22.8. The lowest BCUT2D eigenvalue weighted by atomic mass is 10.2. The number of carbonyl (C=O) groups excluding carboxylic acids is 2. The molecular weight excluding hydrogens is 484 g/mol. The zero-order valence-corrected chi connectivity index (χ0v) is 18.5. The van der Waals surface area contributed by atoms with Gasteiger partial charge in [0.2, 0.25) is 0 Å². The number of aromatic amines is 1. The molecule has 0 aliphatic rings. The maximum Gasteiger partial charge on any atom is 0.331 e. The number of nitrogens with two attached hydrogens (primary N) is 1. The topological polar surface area (TPSA) is 141 Å². The summed E-state index contributed by atoms with van der Waals surface area (Å²) in [5, 5.41) is 0. The van der Waals surface area contributed by atoms with Gasteiger partial charge in [-0.3, -0.25) is 19.1 Å². The molecule has 3 N–H and O–H groups in total. The van der Waals surface area contributed by atoms with Gasteiger partial charge in [-0.25, -0.2) is 9.59 Å². The van der Waals surface area contributed by atoms with Crippen LogP contribution < -0.4 is 21.9 Å². The van der Waals surface area contributed by atoms with E-state index in [1.807, 2.05) is 6.07 Å². The number of ether oxygens (including phenoxy) is 1. The summed E-state index contributed by atoms with van der Waals surface area (Å²) in [4.78, 5) is 52.0. The Kier molecular flexibility index (Phi) is 7.11. The number of halogens is 1. The van der Waals surface area contributed by atoms with E-state index in [-0.39, 0.29) is 18.1 Å². The van der Waals surface area contributed by atoms with Gasteiger partial charge in [0.25, 0.3) is 11.5 Å². The molecule has 0 bridgehead atoms. The fraction of sp³-hybridized carbons (Fsp3) is 0.143. The van der Waals surface area contributed by atoms with Crippen molar-refractivity contribution in [2.75, 3.05) is 24.3 Å². The quantitative estimate of drug-likeness (QED) is 0.370. The Morgan fingerprint density at radius 2 is 1.94 bits per heavy atom. The second-order valence-corrected chi connectivity index (χ2v) is 7.38. The number of carbonyl (C=O) groups is 2. The minimum Gasteiger partial charge on any atom is -0.452 e. The summed E-state index contributed by atoms with van der Waals surface area (Å²) in [6, 6.07) is 12.3. The van der Waals surface area contributed by atoms with Crippen LogP contribution in [0.4, 0.5) is 11.5 Å². The van der Waals surface area contributed by atoms with E-state index in [0.717, 1.165) is 21.1 Å². The summed E-state index contributed by atoms with van der Waals surface area (Å²) in [6.07, 6.45) is 2.48. The lowest BCUT2D eigenvalue weighted by molar-refractivity contribution is -0.142. The maximum absolute atomic E-state index is 12.5. The van der Waals surface area contributed by atoms with E-state index >= 15 is 0 Å². The predicted octanol–water partition coefficient (Wildman–Crippen LogP) is 1.74. The summed E-state index contributed by atoms with van der Waals surface area (Å²) in [6.45, 7) is -0.543. The van der Waals surface area contributed by atoms with Gasteiger partial charge in [-0.2, -0.15) is 0 Å². The normalized spacial score (nSPS) is 10.9. The van der Waals surface area contributed by atoms with Crippen LogP contribution in [0, 0.1) is 0 Å². The Hall–Kier alpha value is -3.86. The third-order valence-electron chi connectivity index (χ3n) is 4.42. The zero-order valence-electron chi connectivity index (χ0n) is 16.9. The van der Waals surface area contributed by atoms with Gasteiger partial charge >= 0.3 is 11.7 Å². The molecule has 0 saturated carbocycles. The number of H-pyrrole nitrogens is 1. The summed E-state index contributed by atoms with van der Waals surface area (Å²) in [7, 11) is 1.30. The minimum absolute atomic E-state index is 0.0972. The number of amides is 1. The van der Waals surface area contributed by atoms with Crippen LogP contribution in [0.5, 0.6) is 0 Å². The fourth-order valence-corrected chi connectivity index (χ4v) is 3.11. The molecule has 2 aromatic heterocycles. The SMILES string of the molecule is CN(C(=O)COC(=O)C=Cc1ccc(Br)o1)c1c(N)n(Cc2ccccc2)c(=O)[nH]c1=O. The summed E-state index contributed by atoms with van der Waals surface area (Å²) in [5.74, 6) is -1.27. The van der Waals surface area contributed by atoms with Crippen LogP contribution in [0.2, 0.25) is 0 Å². The van der Waals surface area contributed by atoms with Crippen molar-refractivity contribution in [1.82, 2.24) is 9.55 Å². The molecule has 1 amide bonds. The number of furan rings is 1. The first-order valence-corrected chi connectivity index (χ1v) is 10.1. The smallest absolute Gasteiger partial charge is 0.331 e. The third-order valence-corrected chi connectivity index (χ3v) is 4.85. The van der Waals surface area contributed by atoms with E-state index in [1.54, 1.807) is 36.4 Å². The molecule has 1 aromatic carbocycles. The van der Waals surface area contributed by atoms with Crippen molar-refractivity contribution in [2.45, 2.75) is 6.54 Å². The van der Waals surface area contributed by atoms with Gasteiger partial charge in [-0.05, 0) is 39.7 Å². The number of rotatable bonds is 7. The van der Waals surface area contributed by atoms with E-state index < -0.39 is 29.7 Å². The average molecular weight is 503 g/mol. The van der Waals surface area contributed by atoms with Crippen molar-refractivity contribution in [1.29, 1.82) is 0 Å². The largest absolute Gasteiger partial charge is 0.452 e. The van der Waals surface area contributed by atoms with Gasteiger partial charge in [-0.1, -0.05) is 30.3 Å². The van der Waals surface area contributed by atoms with Gasteiger partial charge in [-0.15, -0.1) is 0 Å². The van der Waals surface area contributed by atoms with Crippen molar-refractivity contribution in [3.05, 3.63) is 85.4 Å². The van der Waals surface area contributed by atoms with E-state index in [2.05, 4.69) is 20.9 Å². The number of nitrogens with one attached hydrogen (secondary N) is 1. The van der Waals surface area contributed by atoms with Crippen molar-refractivity contribution in [2.24, 2.45) is 0 Å². The number of hydrogen-bond donors (Lipinski definition) is 2. The summed E-state index contributed by atoms with van der Waals surface area (Å²) >= 11 is 3.14. The fourth-order valence-electron chi connectivity index (χ4n) is 2.80. The Bertz CT molecular complexity index is 1280. The highest BCUT2D eigenvalue weighted by Crippen LogP contribution is 2.17. The maximum atomic E-state index is 12.5. The molecular formula is C21H19BrN4O6. The first-order chi connectivity index (χ1) is 15.3. The molecule has 32 heavy (non-hydrogen) atoms. The van der Waals surface area contributed by atoms with Crippen LogP contribution in [0.15, 0.2) is 67.2 Å². The van der Waals surface area contributed by atoms with Crippen molar-refractivity contribution < 1.29 is 18.7 Å². The minimum atomic E-state index is -0.831. The number of aromatic nitrogens is 2. The lowest BCUT2D eigenvalue weighted by Gasteiger charge is -2.20.